The van der Waals surface area contributed by atoms with E-state index in [0.29, 0.717) is 0 Å². The summed E-state index contributed by atoms with van der Waals surface area (Å²) in [5, 5.41) is 8.98. The Labute approximate surface area is 64.8 Å². The van der Waals surface area contributed by atoms with Crippen molar-refractivity contribution >= 4 is 12.4 Å². The average molecular weight is 147 g/mol. The van der Waals surface area contributed by atoms with Crippen molar-refractivity contribution in [2.75, 3.05) is 0 Å². The third kappa shape index (κ3) is 2.26. The van der Waals surface area contributed by atoms with Crippen molar-refractivity contribution in [3.63, 3.8) is 0 Å². The van der Waals surface area contributed by atoms with E-state index in [1.165, 1.54) is 6.08 Å². The van der Waals surface area contributed by atoms with Gasteiger partial charge >= 0.3 is 0 Å². The van der Waals surface area contributed by atoms with Crippen LogP contribution in [0.5, 0.6) is 5.75 Å². The lowest BCUT2D eigenvalue weighted by Gasteiger charge is -1.92. The summed E-state index contributed by atoms with van der Waals surface area (Å²) in [4.78, 5) is 9.79. The number of phenolic OH excluding ortho intramolecular Hbond substituents is 1. The molecule has 0 aromatic heterocycles. The summed E-state index contributed by atoms with van der Waals surface area (Å²) in [7, 11) is 0. The third-order valence-corrected chi connectivity index (χ3v) is 1.21. The van der Waals surface area contributed by atoms with Crippen molar-refractivity contribution < 1.29 is 9.90 Å². The fourth-order valence-electron chi connectivity index (χ4n) is 0.759. The second-order valence-corrected chi connectivity index (χ2v) is 2.05. The summed E-state index contributed by atoms with van der Waals surface area (Å²) in [6.45, 7) is 0. The van der Waals surface area contributed by atoms with E-state index in [0.717, 1.165) is 5.56 Å². The first-order chi connectivity index (χ1) is 5.33. The fraction of sp³-hybridized carbons (Fsp3) is 0. The lowest BCUT2D eigenvalue weighted by Crippen LogP contribution is -1.70. The van der Waals surface area contributed by atoms with Crippen LogP contribution in [-0.4, -0.2) is 11.4 Å². The molecule has 0 spiro atoms. The molecule has 0 aliphatic carbocycles. The molecule has 1 radical (unpaired) electrons. The van der Waals surface area contributed by atoms with E-state index in [9.17, 15) is 4.79 Å². The van der Waals surface area contributed by atoms with E-state index in [1.54, 1.807) is 36.6 Å². The van der Waals surface area contributed by atoms with Gasteiger partial charge in [0.2, 0.25) is 6.29 Å². The van der Waals surface area contributed by atoms with E-state index < -0.39 is 0 Å². The van der Waals surface area contributed by atoms with Gasteiger partial charge in [0, 0.05) is 0 Å². The molecule has 0 fully saturated rings. The number of aromatic hydroxyl groups is 1. The Kier molecular flexibility index (Phi) is 2.44. The molecule has 0 saturated carbocycles. The van der Waals surface area contributed by atoms with E-state index >= 15 is 0 Å². The summed E-state index contributed by atoms with van der Waals surface area (Å²) < 4.78 is 0. The highest BCUT2D eigenvalue weighted by Gasteiger charge is 1.87. The molecule has 55 valence electrons. The lowest BCUT2D eigenvalue weighted by molar-refractivity contribution is 0.475. The van der Waals surface area contributed by atoms with Gasteiger partial charge in [-0.15, -0.1) is 0 Å². The Morgan fingerprint density at radius 1 is 1.45 bits per heavy atom. The average Bonchev–Trinajstić information content (AvgIpc) is 2.01. The zero-order chi connectivity index (χ0) is 8.10. The highest BCUT2D eigenvalue weighted by atomic mass is 16.3. The topological polar surface area (TPSA) is 37.3 Å². The largest absolute Gasteiger partial charge is 0.508 e. The van der Waals surface area contributed by atoms with Crippen LogP contribution in [0.3, 0.4) is 0 Å². The third-order valence-electron chi connectivity index (χ3n) is 1.21. The van der Waals surface area contributed by atoms with Crippen molar-refractivity contribution in [3.05, 3.63) is 35.9 Å². The molecule has 0 saturated heterocycles. The smallest absolute Gasteiger partial charge is 0.225 e. The van der Waals surface area contributed by atoms with Gasteiger partial charge < -0.3 is 5.11 Å². The first-order valence-corrected chi connectivity index (χ1v) is 3.16. The van der Waals surface area contributed by atoms with Gasteiger partial charge in [0.1, 0.15) is 5.75 Å². The van der Waals surface area contributed by atoms with Crippen LogP contribution in [0.2, 0.25) is 0 Å². The van der Waals surface area contributed by atoms with Gasteiger partial charge in [-0.1, -0.05) is 18.2 Å². The highest BCUT2D eigenvalue weighted by molar-refractivity contribution is 5.74. The summed E-state index contributed by atoms with van der Waals surface area (Å²) in [5.74, 6) is 0.193. The second-order valence-electron chi connectivity index (χ2n) is 2.05. The van der Waals surface area contributed by atoms with E-state index in [2.05, 4.69) is 0 Å². The quantitative estimate of drug-likeness (QED) is 0.644. The molecular weight excluding hydrogens is 140 g/mol. The molecule has 0 bridgehead atoms. The van der Waals surface area contributed by atoms with Crippen LogP contribution >= 0.6 is 0 Å². The number of rotatable bonds is 2. The summed E-state index contributed by atoms with van der Waals surface area (Å²) in [5.41, 5.74) is 0.786. The number of phenols is 1. The van der Waals surface area contributed by atoms with Gasteiger partial charge in [-0.05, 0) is 23.8 Å². The highest BCUT2D eigenvalue weighted by Crippen LogP contribution is 2.11. The molecular formula is C9H7O2. The minimum atomic E-state index is 0.193. The maximum absolute atomic E-state index is 9.79. The molecule has 1 rings (SSSR count). The Morgan fingerprint density at radius 3 is 2.91 bits per heavy atom. The molecule has 0 atom stereocenters. The summed E-state index contributed by atoms with van der Waals surface area (Å²) in [6.07, 6.45) is 4.46. The zero-order valence-corrected chi connectivity index (χ0v) is 5.82. The van der Waals surface area contributed by atoms with Crippen molar-refractivity contribution in [1.29, 1.82) is 0 Å². The van der Waals surface area contributed by atoms with Crippen LogP contribution in [0.1, 0.15) is 5.56 Å². The van der Waals surface area contributed by atoms with Gasteiger partial charge in [0.15, 0.2) is 0 Å². The number of hydrogen-bond acceptors (Lipinski definition) is 2. The van der Waals surface area contributed by atoms with Crippen LogP contribution in [0.25, 0.3) is 6.08 Å². The Morgan fingerprint density at radius 2 is 2.27 bits per heavy atom. The maximum Gasteiger partial charge on any atom is 0.225 e. The predicted octanol–water partition coefficient (Wildman–Crippen LogP) is 1.52. The predicted molar refractivity (Wildman–Crippen MR) is 42.8 cm³/mol. The van der Waals surface area contributed by atoms with E-state index in [1.807, 2.05) is 0 Å². The summed E-state index contributed by atoms with van der Waals surface area (Å²) in [6, 6.07) is 6.63. The molecule has 2 nitrogen and oxygen atoms in total. The van der Waals surface area contributed by atoms with Gasteiger partial charge in [-0.3, -0.25) is 4.79 Å². The maximum atomic E-state index is 9.79. The molecule has 0 unspecified atom stereocenters. The first kappa shape index (κ1) is 7.54. The Hall–Kier alpha value is -1.57. The van der Waals surface area contributed by atoms with Crippen LogP contribution in [0, 0.1) is 0 Å². The number of carbonyl (C=O) groups excluding carboxylic acids is 1. The molecule has 11 heavy (non-hydrogen) atoms. The number of allylic oxidation sites excluding steroid dienone is 1. The molecule has 0 aliphatic heterocycles. The van der Waals surface area contributed by atoms with Gasteiger partial charge in [-0.25, -0.2) is 0 Å². The molecule has 1 aromatic carbocycles. The number of benzene rings is 1. The second kappa shape index (κ2) is 3.56. The van der Waals surface area contributed by atoms with Crippen molar-refractivity contribution in [2.45, 2.75) is 0 Å². The fourth-order valence-corrected chi connectivity index (χ4v) is 0.759. The molecule has 0 aliphatic rings. The van der Waals surface area contributed by atoms with Crippen LogP contribution in [0.15, 0.2) is 30.3 Å². The van der Waals surface area contributed by atoms with Gasteiger partial charge in [-0.2, -0.15) is 0 Å². The molecule has 1 N–H and O–H groups in total. The summed E-state index contributed by atoms with van der Waals surface area (Å²) >= 11 is 0. The molecule has 0 heterocycles. The van der Waals surface area contributed by atoms with Crippen LogP contribution < -0.4 is 0 Å². The standard InChI is InChI=1S/C9H7O2/c10-6-2-4-8-3-1-5-9(11)7-8/h1-5,7,11H/b4-2+. The minimum absolute atomic E-state index is 0.193. The van der Waals surface area contributed by atoms with Crippen LogP contribution in [-0.2, 0) is 4.79 Å². The SMILES string of the molecule is O=[C]/C=C/c1cccc(O)c1. The zero-order valence-electron chi connectivity index (χ0n) is 5.82. The van der Waals surface area contributed by atoms with Crippen molar-refractivity contribution in [2.24, 2.45) is 0 Å². The van der Waals surface area contributed by atoms with Gasteiger partial charge in [0.25, 0.3) is 0 Å². The lowest BCUT2D eigenvalue weighted by atomic mass is 10.2. The first-order valence-electron chi connectivity index (χ1n) is 3.16. The Bertz CT molecular complexity index is 277. The van der Waals surface area contributed by atoms with E-state index in [-0.39, 0.29) is 5.75 Å². The molecule has 1 aromatic rings. The minimum Gasteiger partial charge on any atom is -0.508 e. The van der Waals surface area contributed by atoms with Crippen molar-refractivity contribution in [1.82, 2.24) is 0 Å². The van der Waals surface area contributed by atoms with Crippen molar-refractivity contribution in [3.8, 4) is 5.75 Å². The Balaban J connectivity index is 2.87. The normalized spacial score (nSPS) is 10.2. The van der Waals surface area contributed by atoms with Crippen LogP contribution in [0.4, 0.5) is 0 Å². The molecule has 0 amide bonds. The van der Waals surface area contributed by atoms with E-state index in [4.69, 9.17) is 5.11 Å². The van der Waals surface area contributed by atoms with Gasteiger partial charge in [0.05, 0.1) is 0 Å². The molecule has 2 heteroatoms. The monoisotopic (exact) mass is 147 g/mol. The number of hydrogen-bond donors (Lipinski definition) is 1.